The van der Waals surface area contributed by atoms with E-state index in [9.17, 15) is 0 Å². The van der Waals surface area contributed by atoms with Crippen LogP contribution in [-0.2, 0) is 0 Å². The van der Waals surface area contributed by atoms with Gasteiger partial charge in [-0.25, -0.2) is 5.84 Å². The summed E-state index contributed by atoms with van der Waals surface area (Å²) < 4.78 is 0. The smallest absolute Gasteiger partial charge is 0.0570 e. The third-order valence-electron chi connectivity index (χ3n) is 2.58. The van der Waals surface area contributed by atoms with E-state index in [0.717, 1.165) is 36.3 Å². The quantitative estimate of drug-likeness (QED) is 0.522. The van der Waals surface area contributed by atoms with Crippen molar-refractivity contribution in [3.05, 3.63) is 36.2 Å². The normalized spacial score (nSPS) is 11.4. The molecule has 0 atom stereocenters. The first-order chi connectivity index (χ1) is 8.17. The van der Waals surface area contributed by atoms with Gasteiger partial charge in [0.05, 0.1) is 5.69 Å². The fraction of sp³-hybridized carbons (Fsp3) is 0.385. The molecule has 0 saturated carbocycles. The minimum absolute atomic E-state index is 0.812. The van der Waals surface area contributed by atoms with E-state index < -0.39 is 0 Å². The summed E-state index contributed by atoms with van der Waals surface area (Å²) in [6.07, 6.45) is 4.90. The monoisotopic (exact) mass is 234 g/mol. The predicted molar refractivity (Wildman–Crippen MR) is 74.5 cm³/mol. The lowest BCUT2D eigenvalue weighted by Gasteiger charge is -2.15. The molecule has 0 aliphatic rings. The zero-order valence-electron chi connectivity index (χ0n) is 10.6. The second kappa shape index (κ2) is 6.81. The van der Waals surface area contributed by atoms with E-state index in [1.807, 2.05) is 31.3 Å². The predicted octanol–water partition coefficient (Wildman–Crippen LogP) is 2.40. The highest BCUT2D eigenvalue weighted by molar-refractivity contribution is 5.55. The first-order valence-corrected chi connectivity index (χ1v) is 5.95. The lowest BCUT2D eigenvalue weighted by Crippen LogP contribution is -2.25. The summed E-state index contributed by atoms with van der Waals surface area (Å²) in [4.78, 5) is 0. The zero-order chi connectivity index (χ0) is 12.7. The van der Waals surface area contributed by atoms with Gasteiger partial charge in [0.1, 0.15) is 0 Å². The molecule has 1 aromatic carbocycles. The molecule has 0 heterocycles. The van der Waals surface area contributed by atoms with Crippen molar-refractivity contribution >= 4 is 11.4 Å². The lowest BCUT2D eigenvalue weighted by atomic mass is 10.2. The minimum atomic E-state index is 0.812. The number of benzene rings is 1. The minimum Gasteiger partial charge on any atom is -0.401 e. The molecular formula is C13H22N4. The molecule has 1 rings (SSSR count). The van der Waals surface area contributed by atoms with Gasteiger partial charge in [0, 0.05) is 24.6 Å². The fourth-order valence-electron chi connectivity index (χ4n) is 1.50. The van der Waals surface area contributed by atoms with E-state index in [0.29, 0.717) is 0 Å². The van der Waals surface area contributed by atoms with Crippen LogP contribution in [0, 0.1) is 0 Å². The molecular weight excluding hydrogens is 212 g/mol. The van der Waals surface area contributed by atoms with Crippen LogP contribution in [0.15, 0.2) is 36.2 Å². The number of nitrogens with one attached hydrogen (secondary N) is 1. The van der Waals surface area contributed by atoms with Crippen LogP contribution in [0.25, 0.3) is 0 Å². The molecule has 0 radical (unpaired) electrons. The van der Waals surface area contributed by atoms with Crippen LogP contribution in [-0.4, -0.2) is 7.05 Å². The van der Waals surface area contributed by atoms with Crippen molar-refractivity contribution in [2.24, 2.45) is 11.6 Å². The van der Waals surface area contributed by atoms with Crippen LogP contribution in [0.1, 0.15) is 26.2 Å². The SMILES string of the molecule is CCCC/C(N)=C/N(N)c1ccc(NC)cc1. The average Bonchev–Trinajstić information content (AvgIpc) is 2.36. The Kier molecular flexibility index (Phi) is 5.36. The molecule has 0 aliphatic carbocycles. The van der Waals surface area contributed by atoms with Gasteiger partial charge in [0.2, 0.25) is 0 Å². The molecule has 4 nitrogen and oxygen atoms in total. The molecule has 0 bridgehead atoms. The Labute approximate surface area is 103 Å². The lowest BCUT2D eigenvalue weighted by molar-refractivity contribution is 0.776. The number of nitrogens with zero attached hydrogens (tertiary/aromatic N) is 1. The van der Waals surface area contributed by atoms with Crippen LogP contribution in [0.5, 0.6) is 0 Å². The Hall–Kier alpha value is -1.68. The van der Waals surface area contributed by atoms with Crippen molar-refractivity contribution in [2.45, 2.75) is 26.2 Å². The number of hydrogen-bond donors (Lipinski definition) is 3. The third kappa shape index (κ3) is 4.36. The van der Waals surface area contributed by atoms with E-state index >= 15 is 0 Å². The molecule has 0 saturated heterocycles. The van der Waals surface area contributed by atoms with Crippen molar-refractivity contribution in [1.29, 1.82) is 0 Å². The van der Waals surface area contributed by atoms with E-state index in [4.69, 9.17) is 11.6 Å². The Morgan fingerprint density at radius 3 is 2.53 bits per heavy atom. The van der Waals surface area contributed by atoms with E-state index in [-0.39, 0.29) is 0 Å². The van der Waals surface area contributed by atoms with Gasteiger partial charge in [0.25, 0.3) is 0 Å². The van der Waals surface area contributed by atoms with Gasteiger partial charge in [-0.3, -0.25) is 5.01 Å². The summed E-state index contributed by atoms with van der Waals surface area (Å²) in [6.45, 7) is 2.14. The molecule has 1 aromatic rings. The van der Waals surface area contributed by atoms with Crippen molar-refractivity contribution < 1.29 is 0 Å². The number of rotatable bonds is 6. The highest BCUT2D eigenvalue weighted by atomic mass is 15.4. The van der Waals surface area contributed by atoms with Crippen LogP contribution in [0.3, 0.4) is 0 Å². The van der Waals surface area contributed by atoms with Crippen LogP contribution in [0.2, 0.25) is 0 Å². The fourth-order valence-corrected chi connectivity index (χ4v) is 1.50. The summed E-state index contributed by atoms with van der Waals surface area (Å²) in [6, 6.07) is 7.86. The van der Waals surface area contributed by atoms with Crippen molar-refractivity contribution in [1.82, 2.24) is 0 Å². The third-order valence-corrected chi connectivity index (χ3v) is 2.58. The maximum atomic E-state index is 5.92. The highest BCUT2D eigenvalue weighted by Gasteiger charge is 1.99. The Bertz CT molecular complexity index is 356. The summed E-state index contributed by atoms with van der Waals surface area (Å²) in [5.41, 5.74) is 8.67. The van der Waals surface area contributed by atoms with Crippen LogP contribution in [0.4, 0.5) is 11.4 Å². The Morgan fingerprint density at radius 2 is 2.00 bits per heavy atom. The number of anilines is 2. The van der Waals surface area contributed by atoms with Gasteiger partial charge < -0.3 is 11.1 Å². The Morgan fingerprint density at radius 1 is 1.35 bits per heavy atom. The number of hydrogen-bond acceptors (Lipinski definition) is 4. The van der Waals surface area contributed by atoms with Gasteiger partial charge >= 0.3 is 0 Å². The van der Waals surface area contributed by atoms with Gasteiger partial charge in [-0.05, 0) is 37.1 Å². The summed E-state index contributed by atoms with van der Waals surface area (Å²) >= 11 is 0. The maximum Gasteiger partial charge on any atom is 0.0570 e. The molecule has 0 aromatic heterocycles. The van der Waals surface area contributed by atoms with Gasteiger partial charge in [-0.15, -0.1) is 0 Å². The topological polar surface area (TPSA) is 67.3 Å². The standard InChI is InChI=1S/C13H22N4/c1-3-4-5-11(14)10-17(15)13-8-6-12(16-2)7-9-13/h6-10,16H,3-5,14-15H2,1-2H3/b11-10-. The number of unbranched alkanes of at least 4 members (excludes halogenated alkanes) is 1. The van der Waals surface area contributed by atoms with Gasteiger partial charge in [-0.2, -0.15) is 0 Å². The zero-order valence-corrected chi connectivity index (χ0v) is 10.6. The largest absolute Gasteiger partial charge is 0.401 e. The molecule has 4 heteroatoms. The number of nitrogens with two attached hydrogens (primary N) is 2. The summed E-state index contributed by atoms with van der Waals surface area (Å²) in [7, 11) is 1.89. The van der Waals surface area contributed by atoms with Crippen molar-refractivity contribution in [2.75, 3.05) is 17.4 Å². The first-order valence-electron chi connectivity index (χ1n) is 5.95. The van der Waals surface area contributed by atoms with Crippen molar-refractivity contribution in [3.8, 4) is 0 Å². The second-order valence-electron chi connectivity index (χ2n) is 4.01. The molecule has 0 amide bonds. The van der Waals surface area contributed by atoms with Crippen molar-refractivity contribution in [3.63, 3.8) is 0 Å². The molecule has 0 aliphatic heterocycles. The maximum absolute atomic E-state index is 5.92. The number of hydrazine groups is 1. The Balaban J connectivity index is 2.64. The van der Waals surface area contributed by atoms with E-state index in [2.05, 4.69) is 12.2 Å². The first kappa shape index (κ1) is 13.4. The molecule has 17 heavy (non-hydrogen) atoms. The molecule has 0 fully saturated rings. The van der Waals surface area contributed by atoms with Gasteiger partial charge in [-0.1, -0.05) is 13.3 Å². The second-order valence-corrected chi connectivity index (χ2v) is 4.01. The molecule has 5 N–H and O–H groups in total. The molecule has 0 spiro atoms. The summed E-state index contributed by atoms with van der Waals surface area (Å²) in [5.74, 6) is 5.92. The average molecular weight is 234 g/mol. The number of allylic oxidation sites excluding steroid dienone is 1. The molecule has 0 unspecified atom stereocenters. The molecule has 94 valence electrons. The van der Waals surface area contributed by atoms with Crippen LogP contribution < -0.4 is 21.9 Å². The van der Waals surface area contributed by atoms with Gasteiger partial charge in [0.15, 0.2) is 0 Å². The van der Waals surface area contributed by atoms with E-state index in [1.54, 1.807) is 11.2 Å². The van der Waals surface area contributed by atoms with E-state index in [1.165, 1.54) is 0 Å². The highest BCUT2D eigenvalue weighted by Crippen LogP contribution is 2.16. The van der Waals surface area contributed by atoms with Crippen LogP contribution >= 0.6 is 0 Å². The summed E-state index contributed by atoms with van der Waals surface area (Å²) in [5, 5.41) is 4.62.